The van der Waals surface area contributed by atoms with Crippen LogP contribution in [0, 0.1) is 18.3 Å². The van der Waals surface area contributed by atoms with Gasteiger partial charge in [-0.1, -0.05) is 30.3 Å². The van der Waals surface area contributed by atoms with E-state index in [4.69, 9.17) is 5.73 Å². The Bertz CT molecular complexity index is 792. The van der Waals surface area contributed by atoms with Crippen LogP contribution in [0.25, 0.3) is 20.9 Å². The second-order valence-corrected chi connectivity index (χ2v) is 6.42. The van der Waals surface area contributed by atoms with Crippen LogP contribution in [0.15, 0.2) is 41.8 Å². The number of anilines is 1. The van der Waals surface area contributed by atoms with E-state index in [0.29, 0.717) is 10.6 Å². The lowest BCUT2D eigenvalue weighted by Crippen LogP contribution is -1.88. The summed E-state index contributed by atoms with van der Waals surface area (Å²) in [4.78, 5) is 2.78. The van der Waals surface area contributed by atoms with Gasteiger partial charge in [-0.3, -0.25) is 0 Å². The summed E-state index contributed by atoms with van der Waals surface area (Å²) in [5, 5.41) is 11.3. The van der Waals surface area contributed by atoms with Crippen molar-refractivity contribution in [1.82, 2.24) is 0 Å². The van der Waals surface area contributed by atoms with Gasteiger partial charge in [0.05, 0.1) is 5.69 Å². The second-order valence-electron chi connectivity index (χ2n) is 4.45. The van der Waals surface area contributed by atoms with E-state index in [0.717, 1.165) is 20.9 Å². The molecule has 0 spiro atoms. The highest BCUT2D eigenvalue weighted by molar-refractivity contribution is 7.19. The molecule has 98 valence electrons. The zero-order valence-corrected chi connectivity index (χ0v) is 12.5. The van der Waals surface area contributed by atoms with E-state index < -0.39 is 0 Å². The topological polar surface area (TPSA) is 49.8 Å². The molecule has 0 saturated carbocycles. The maximum atomic E-state index is 9.25. The van der Waals surface area contributed by atoms with E-state index in [1.165, 1.54) is 16.9 Å². The Morgan fingerprint density at radius 1 is 1.15 bits per heavy atom. The van der Waals surface area contributed by atoms with Crippen molar-refractivity contribution in [3.8, 4) is 27.0 Å². The minimum atomic E-state index is 0.589. The van der Waals surface area contributed by atoms with Crippen LogP contribution < -0.4 is 5.73 Å². The molecule has 0 amide bonds. The van der Waals surface area contributed by atoms with Gasteiger partial charge in [0, 0.05) is 15.3 Å². The summed E-state index contributed by atoms with van der Waals surface area (Å²) < 4.78 is 0. The summed E-state index contributed by atoms with van der Waals surface area (Å²) in [5.41, 5.74) is 10.1. The maximum Gasteiger partial charge on any atom is 0.129 e. The van der Waals surface area contributed by atoms with E-state index in [2.05, 4.69) is 25.1 Å². The van der Waals surface area contributed by atoms with Gasteiger partial charge in [-0.15, -0.1) is 22.7 Å². The third-order valence-corrected chi connectivity index (χ3v) is 5.23. The fourth-order valence-corrected chi connectivity index (χ4v) is 4.19. The number of thiophene rings is 2. The molecule has 1 aromatic carbocycles. The molecule has 2 nitrogen and oxygen atoms in total. The fraction of sp³-hybridized carbons (Fsp3) is 0.0625. The van der Waals surface area contributed by atoms with Crippen molar-refractivity contribution in [3.05, 3.63) is 52.2 Å². The van der Waals surface area contributed by atoms with Gasteiger partial charge in [0.15, 0.2) is 0 Å². The van der Waals surface area contributed by atoms with Crippen molar-refractivity contribution in [3.63, 3.8) is 0 Å². The molecule has 2 heterocycles. The van der Waals surface area contributed by atoms with Crippen LogP contribution in [0.2, 0.25) is 0 Å². The normalized spacial score (nSPS) is 10.4. The molecule has 0 aliphatic rings. The van der Waals surface area contributed by atoms with Gasteiger partial charge in [-0.05, 0) is 29.5 Å². The minimum Gasteiger partial charge on any atom is -0.396 e. The lowest BCUT2D eigenvalue weighted by Gasteiger charge is -2.06. The van der Waals surface area contributed by atoms with Gasteiger partial charge in [-0.2, -0.15) is 5.26 Å². The number of nitrogen functional groups attached to an aromatic ring is 1. The lowest BCUT2D eigenvalue weighted by molar-refractivity contribution is 1.48. The van der Waals surface area contributed by atoms with Gasteiger partial charge in [0.1, 0.15) is 10.9 Å². The highest BCUT2D eigenvalue weighted by atomic mass is 32.1. The quantitative estimate of drug-likeness (QED) is 0.730. The molecule has 0 atom stereocenters. The van der Waals surface area contributed by atoms with Gasteiger partial charge >= 0.3 is 0 Å². The van der Waals surface area contributed by atoms with Gasteiger partial charge in [-0.25, -0.2) is 0 Å². The third-order valence-electron chi connectivity index (χ3n) is 3.20. The van der Waals surface area contributed by atoms with Crippen LogP contribution in [0.1, 0.15) is 10.4 Å². The molecule has 0 radical (unpaired) electrons. The Balaban J connectivity index is 2.32. The van der Waals surface area contributed by atoms with Crippen LogP contribution in [-0.4, -0.2) is 0 Å². The second kappa shape index (κ2) is 5.12. The summed E-state index contributed by atoms with van der Waals surface area (Å²) >= 11 is 3.12. The number of rotatable bonds is 2. The van der Waals surface area contributed by atoms with Crippen LogP contribution in [0.5, 0.6) is 0 Å². The predicted octanol–water partition coefficient (Wildman–Crippen LogP) is 4.91. The SMILES string of the molecule is Cc1ccccc1-c1sc(C#N)c(N)c1-c1cccs1. The third kappa shape index (κ3) is 2.01. The van der Waals surface area contributed by atoms with Crippen LogP contribution >= 0.6 is 22.7 Å². The predicted molar refractivity (Wildman–Crippen MR) is 86.9 cm³/mol. The van der Waals surface area contributed by atoms with Crippen molar-refractivity contribution in [2.75, 3.05) is 5.73 Å². The Kier molecular flexibility index (Phi) is 3.31. The monoisotopic (exact) mass is 296 g/mol. The first-order valence-electron chi connectivity index (χ1n) is 6.14. The van der Waals surface area contributed by atoms with E-state index in [1.54, 1.807) is 11.3 Å². The first-order valence-corrected chi connectivity index (χ1v) is 7.84. The highest BCUT2D eigenvalue weighted by Gasteiger charge is 2.20. The zero-order chi connectivity index (χ0) is 14.1. The molecule has 0 saturated heterocycles. The van der Waals surface area contributed by atoms with Crippen molar-refractivity contribution in [1.29, 1.82) is 5.26 Å². The average molecular weight is 296 g/mol. The molecule has 3 aromatic rings. The molecule has 20 heavy (non-hydrogen) atoms. The molecular formula is C16H12N2S2. The van der Waals surface area contributed by atoms with Crippen LogP contribution in [0.4, 0.5) is 5.69 Å². The fourth-order valence-electron chi connectivity index (χ4n) is 2.21. The zero-order valence-electron chi connectivity index (χ0n) is 10.9. The van der Waals surface area contributed by atoms with Gasteiger partial charge in [0.2, 0.25) is 0 Å². The summed E-state index contributed by atoms with van der Waals surface area (Å²) in [6.07, 6.45) is 0. The molecule has 2 aromatic heterocycles. The first-order chi connectivity index (χ1) is 9.72. The van der Waals surface area contributed by atoms with Crippen LogP contribution in [0.3, 0.4) is 0 Å². The smallest absolute Gasteiger partial charge is 0.129 e. The summed E-state index contributed by atoms with van der Waals surface area (Å²) in [7, 11) is 0. The van der Waals surface area contributed by atoms with E-state index in [-0.39, 0.29) is 0 Å². The number of nitrogens with two attached hydrogens (primary N) is 1. The number of nitriles is 1. The van der Waals surface area contributed by atoms with E-state index >= 15 is 0 Å². The molecule has 0 fully saturated rings. The molecule has 4 heteroatoms. The van der Waals surface area contributed by atoms with Gasteiger partial charge < -0.3 is 5.73 Å². The van der Waals surface area contributed by atoms with Crippen molar-refractivity contribution in [2.45, 2.75) is 6.92 Å². The number of hydrogen-bond acceptors (Lipinski definition) is 4. The number of hydrogen-bond donors (Lipinski definition) is 1. The van der Waals surface area contributed by atoms with Crippen LogP contribution in [-0.2, 0) is 0 Å². The maximum absolute atomic E-state index is 9.25. The first kappa shape index (κ1) is 12.9. The standard InChI is InChI=1S/C16H12N2S2/c1-10-5-2-3-6-11(10)16-14(12-7-4-8-19-12)15(18)13(9-17)20-16/h2-8H,18H2,1H3. The summed E-state index contributed by atoms with van der Waals surface area (Å²) in [5.74, 6) is 0. The summed E-state index contributed by atoms with van der Waals surface area (Å²) in [6, 6.07) is 14.5. The van der Waals surface area contributed by atoms with Crippen molar-refractivity contribution >= 4 is 28.4 Å². The minimum absolute atomic E-state index is 0.589. The Hall–Kier alpha value is -2.09. The van der Waals surface area contributed by atoms with E-state index in [9.17, 15) is 5.26 Å². The molecule has 0 bridgehead atoms. The van der Waals surface area contributed by atoms with Crippen molar-refractivity contribution < 1.29 is 0 Å². The Labute approximate surface area is 125 Å². The summed E-state index contributed by atoms with van der Waals surface area (Å²) in [6.45, 7) is 2.08. The van der Waals surface area contributed by atoms with Crippen molar-refractivity contribution in [2.24, 2.45) is 0 Å². The highest BCUT2D eigenvalue weighted by Crippen LogP contribution is 2.46. The average Bonchev–Trinajstić information content (AvgIpc) is 3.06. The molecular weight excluding hydrogens is 284 g/mol. The number of benzene rings is 1. The lowest BCUT2D eigenvalue weighted by atomic mass is 10.0. The molecule has 0 aliphatic heterocycles. The molecule has 2 N–H and O–H groups in total. The number of nitrogens with zero attached hydrogens (tertiary/aromatic N) is 1. The van der Waals surface area contributed by atoms with E-state index in [1.807, 2.05) is 29.6 Å². The molecule has 0 unspecified atom stereocenters. The Morgan fingerprint density at radius 2 is 1.95 bits per heavy atom. The van der Waals surface area contributed by atoms with Gasteiger partial charge in [0.25, 0.3) is 0 Å². The Morgan fingerprint density at radius 3 is 2.60 bits per heavy atom. The number of aryl methyl sites for hydroxylation is 1. The molecule has 3 rings (SSSR count). The largest absolute Gasteiger partial charge is 0.396 e. The molecule has 0 aliphatic carbocycles.